The Hall–Kier alpha value is -1.57. The molecule has 2 heteroatoms. The number of quaternary nitrogens is 1. The van der Waals surface area contributed by atoms with Gasteiger partial charge in [0, 0.05) is 23.4 Å². The molecule has 0 saturated carbocycles. The van der Waals surface area contributed by atoms with Crippen LogP contribution >= 0.6 is 11.6 Å². The van der Waals surface area contributed by atoms with Crippen molar-refractivity contribution >= 4 is 11.6 Å². The van der Waals surface area contributed by atoms with Crippen LogP contribution in [-0.2, 0) is 13.0 Å². The van der Waals surface area contributed by atoms with Gasteiger partial charge in [0.2, 0.25) is 0 Å². The van der Waals surface area contributed by atoms with Gasteiger partial charge >= 0.3 is 0 Å². The molecule has 2 aromatic carbocycles. The fraction of sp³-hybridized carbons (Fsp3) is 0.364. The fourth-order valence-electron chi connectivity index (χ4n) is 4.02. The summed E-state index contributed by atoms with van der Waals surface area (Å²) in [6.45, 7) is 6.45. The van der Waals surface area contributed by atoms with Crippen molar-refractivity contribution in [2.24, 2.45) is 0 Å². The molecule has 3 rings (SSSR count). The van der Waals surface area contributed by atoms with E-state index in [2.05, 4.69) is 55.2 Å². The molecule has 0 bridgehead atoms. The average Bonchev–Trinajstić information content (AvgIpc) is 2.81. The summed E-state index contributed by atoms with van der Waals surface area (Å²) in [5.74, 6) is 0. The van der Waals surface area contributed by atoms with Crippen LogP contribution in [0.4, 0.5) is 0 Å². The van der Waals surface area contributed by atoms with E-state index in [0.717, 1.165) is 22.5 Å². The molecule has 0 N–H and O–H groups in total. The van der Waals surface area contributed by atoms with Gasteiger partial charge in [0.1, 0.15) is 6.54 Å². The van der Waals surface area contributed by atoms with Crippen molar-refractivity contribution in [3.63, 3.8) is 0 Å². The zero-order chi connectivity index (χ0) is 16.8. The Morgan fingerprint density at radius 1 is 0.958 bits per heavy atom. The number of halogens is 1. The first-order chi connectivity index (χ1) is 11.7. The maximum atomic E-state index is 6.06. The molecular formula is C22H27ClN+. The highest BCUT2D eigenvalue weighted by atomic mass is 35.5. The Bertz CT molecular complexity index is 649. The molecule has 0 radical (unpaired) electrons. The fourth-order valence-corrected chi connectivity index (χ4v) is 4.14. The second-order valence-electron chi connectivity index (χ2n) is 6.99. The first kappa shape index (κ1) is 17.3. The van der Waals surface area contributed by atoms with Gasteiger partial charge in [0.15, 0.2) is 0 Å². The lowest BCUT2D eigenvalue weighted by molar-refractivity contribution is -0.916. The minimum Gasteiger partial charge on any atom is -0.291 e. The molecule has 2 aromatic rings. The van der Waals surface area contributed by atoms with Crippen LogP contribution < -0.4 is 0 Å². The lowest BCUT2D eigenvalue weighted by Crippen LogP contribution is -2.51. The lowest BCUT2D eigenvalue weighted by Gasteiger charge is -2.41. The summed E-state index contributed by atoms with van der Waals surface area (Å²) in [4.78, 5) is 0. The van der Waals surface area contributed by atoms with Crippen molar-refractivity contribution in [2.45, 2.75) is 44.7 Å². The van der Waals surface area contributed by atoms with Crippen LogP contribution in [0.15, 0.2) is 67.4 Å². The van der Waals surface area contributed by atoms with Crippen molar-refractivity contribution in [1.82, 2.24) is 0 Å². The van der Waals surface area contributed by atoms with Crippen LogP contribution in [0.3, 0.4) is 0 Å². The monoisotopic (exact) mass is 340 g/mol. The Morgan fingerprint density at radius 3 is 2.42 bits per heavy atom. The predicted molar refractivity (Wildman–Crippen MR) is 103 cm³/mol. The van der Waals surface area contributed by atoms with Gasteiger partial charge < -0.3 is 0 Å². The van der Waals surface area contributed by atoms with E-state index in [4.69, 9.17) is 11.6 Å². The van der Waals surface area contributed by atoms with Crippen molar-refractivity contribution in [2.75, 3.05) is 6.54 Å². The number of benzene rings is 2. The van der Waals surface area contributed by atoms with Gasteiger partial charge in [-0.3, -0.25) is 4.48 Å². The Labute approximate surface area is 151 Å². The number of rotatable bonds is 5. The number of hydrogen-bond acceptors (Lipinski definition) is 0. The molecule has 1 fully saturated rings. The van der Waals surface area contributed by atoms with E-state index in [0.29, 0.717) is 6.04 Å². The highest BCUT2D eigenvalue weighted by molar-refractivity contribution is 6.30. The van der Waals surface area contributed by atoms with Gasteiger partial charge in [-0.05, 0) is 43.5 Å². The largest absolute Gasteiger partial charge is 0.291 e. The standard InChI is InChI=1S/C22H27ClN/c1-2-24(18-20-12-14-21(23)15-13-20)16-8-4-7-11-22(24)17-19-9-5-3-6-10-19/h2-3,5-6,9-10,12-15,22H,1,4,7-8,11,16-18H2/q+1. The molecule has 1 nitrogen and oxygen atoms in total. The second-order valence-corrected chi connectivity index (χ2v) is 7.42. The Kier molecular flexibility index (Phi) is 5.76. The van der Waals surface area contributed by atoms with Crippen LogP contribution in [-0.4, -0.2) is 17.1 Å². The van der Waals surface area contributed by atoms with Crippen LogP contribution in [0.5, 0.6) is 0 Å². The highest BCUT2D eigenvalue weighted by Gasteiger charge is 2.36. The van der Waals surface area contributed by atoms with Crippen molar-refractivity contribution < 1.29 is 4.48 Å². The van der Waals surface area contributed by atoms with Crippen LogP contribution in [0.2, 0.25) is 5.02 Å². The molecule has 24 heavy (non-hydrogen) atoms. The summed E-state index contributed by atoms with van der Waals surface area (Å²) in [7, 11) is 0. The summed E-state index contributed by atoms with van der Waals surface area (Å²) in [5.41, 5.74) is 2.78. The first-order valence-electron chi connectivity index (χ1n) is 9.00. The summed E-state index contributed by atoms with van der Waals surface area (Å²) in [5, 5.41) is 0.806. The van der Waals surface area contributed by atoms with Crippen LogP contribution in [0, 0.1) is 0 Å². The molecule has 0 amide bonds. The SMILES string of the molecule is C=C[N+]1(Cc2ccc(Cl)cc2)CCCCCC1Cc1ccccc1. The van der Waals surface area contributed by atoms with Gasteiger partial charge in [0.25, 0.3) is 0 Å². The van der Waals surface area contributed by atoms with Gasteiger partial charge in [-0.2, -0.15) is 0 Å². The Balaban J connectivity index is 1.87. The maximum Gasteiger partial charge on any atom is 0.109 e. The molecule has 126 valence electrons. The van der Waals surface area contributed by atoms with Crippen molar-refractivity contribution in [3.05, 3.63) is 83.5 Å². The van der Waals surface area contributed by atoms with E-state index >= 15 is 0 Å². The zero-order valence-corrected chi connectivity index (χ0v) is 15.1. The average molecular weight is 341 g/mol. The van der Waals surface area contributed by atoms with Gasteiger partial charge in [-0.1, -0.05) is 54.1 Å². The normalized spacial score (nSPS) is 24.3. The maximum absolute atomic E-state index is 6.06. The van der Waals surface area contributed by atoms with E-state index in [1.54, 1.807) is 0 Å². The lowest BCUT2D eigenvalue weighted by atomic mass is 9.98. The summed E-state index contributed by atoms with van der Waals surface area (Å²) < 4.78 is 0.983. The first-order valence-corrected chi connectivity index (χ1v) is 9.38. The molecule has 1 aliphatic rings. The molecule has 2 atom stereocenters. The van der Waals surface area contributed by atoms with Gasteiger partial charge in [-0.15, -0.1) is 0 Å². The molecule has 1 aliphatic heterocycles. The predicted octanol–water partition coefficient (Wildman–Crippen LogP) is 5.99. The number of hydrogen-bond donors (Lipinski definition) is 0. The third kappa shape index (κ3) is 4.09. The van der Waals surface area contributed by atoms with Crippen molar-refractivity contribution in [1.29, 1.82) is 0 Å². The number of nitrogens with zero attached hydrogens (tertiary/aromatic N) is 1. The van der Waals surface area contributed by atoms with E-state index in [1.165, 1.54) is 43.4 Å². The van der Waals surface area contributed by atoms with Crippen LogP contribution in [0.1, 0.15) is 36.8 Å². The smallest absolute Gasteiger partial charge is 0.109 e. The minimum atomic E-state index is 0.600. The van der Waals surface area contributed by atoms with Gasteiger partial charge in [-0.25, -0.2) is 0 Å². The van der Waals surface area contributed by atoms with E-state index < -0.39 is 0 Å². The van der Waals surface area contributed by atoms with E-state index in [1.807, 2.05) is 12.1 Å². The topological polar surface area (TPSA) is 0 Å². The Morgan fingerprint density at radius 2 is 1.71 bits per heavy atom. The third-order valence-corrected chi connectivity index (χ3v) is 5.66. The second kappa shape index (κ2) is 8.00. The molecule has 2 unspecified atom stereocenters. The van der Waals surface area contributed by atoms with Crippen LogP contribution in [0.25, 0.3) is 0 Å². The molecule has 0 aromatic heterocycles. The van der Waals surface area contributed by atoms with Crippen molar-refractivity contribution in [3.8, 4) is 0 Å². The summed E-state index contributed by atoms with van der Waals surface area (Å²) in [6, 6.07) is 19.8. The minimum absolute atomic E-state index is 0.600. The molecule has 1 heterocycles. The molecular weight excluding hydrogens is 314 g/mol. The molecule has 0 aliphatic carbocycles. The zero-order valence-electron chi connectivity index (χ0n) is 14.3. The summed E-state index contributed by atoms with van der Waals surface area (Å²) in [6.07, 6.45) is 8.54. The van der Waals surface area contributed by atoms with Gasteiger partial charge in [0.05, 0.1) is 18.8 Å². The summed E-state index contributed by atoms with van der Waals surface area (Å²) >= 11 is 6.06. The van der Waals surface area contributed by atoms with E-state index in [-0.39, 0.29) is 0 Å². The number of likely N-dealkylation sites (tertiary alicyclic amines) is 1. The van der Waals surface area contributed by atoms with E-state index in [9.17, 15) is 0 Å². The molecule has 0 spiro atoms. The molecule has 1 saturated heterocycles. The highest BCUT2D eigenvalue weighted by Crippen LogP contribution is 2.31. The third-order valence-electron chi connectivity index (χ3n) is 5.41. The quantitative estimate of drug-likeness (QED) is 0.587.